The molecular weight excluding hydrogens is 378 g/mol. The molecule has 0 N–H and O–H groups in total. The SMILES string of the molecule is O=S(=O)(c1c(F)cccc1F)N1CCCc2cnc(N3CCOCC3)nc21. The van der Waals surface area contributed by atoms with Gasteiger partial charge in [0.25, 0.3) is 10.0 Å². The predicted molar refractivity (Wildman–Crippen MR) is 94.3 cm³/mol. The van der Waals surface area contributed by atoms with Crippen molar-refractivity contribution in [1.29, 1.82) is 0 Å². The zero-order valence-electron chi connectivity index (χ0n) is 14.4. The van der Waals surface area contributed by atoms with Crippen molar-refractivity contribution in [2.75, 3.05) is 42.1 Å². The molecule has 1 fully saturated rings. The lowest BCUT2D eigenvalue weighted by Gasteiger charge is -2.32. The number of anilines is 2. The van der Waals surface area contributed by atoms with Crippen LogP contribution in [0.5, 0.6) is 0 Å². The van der Waals surface area contributed by atoms with Crippen molar-refractivity contribution in [3.05, 3.63) is 41.6 Å². The summed E-state index contributed by atoms with van der Waals surface area (Å²) in [5.41, 5.74) is 0.638. The maximum absolute atomic E-state index is 14.1. The maximum atomic E-state index is 14.1. The molecular formula is C17H18F2N4O3S. The minimum absolute atomic E-state index is 0.0999. The van der Waals surface area contributed by atoms with Crippen LogP contribution >= 0.6 is 0 Å². The highest BCUT2D eigenvalue weighted by molar-refractivity contribution is 7.92. The molecule has 0 spiro atoms. The Morgan fingerprint density at radius 2 is 1.78 bits per heavy atom. The molecule has 10 heteroatoms. The Morgan fingerprint density at radius 3 is 2.48 bits per heavy atom. The van der Waals surface area contributed by atoms with Crippen LogP contribution < -0.4 is 9.21 Å². The number of rotatable bonds is 3. The summed E-state index contributed by atoms with van der Waals surface area (Å²) in [6, 6.07) is 2.99. The number of halogens is 2. The van der Waals surface area contributed by atoms with Crippen molar-refractivity contribution in [1.82, 2.24) is 9.97 Å². The third kappa shape index (κ3) is 3.23. The minimum atomic E-state index is -4.43. The van der Waals surface area contributed by atoms with E-state index in [1.54, 1.807) is 6.20 Å². The van der Waals surface area contributed by atoms with Crippen LogP contribution in [0, 0.1) is 11.6 Å². The molecule has 2 aliphatic heterocycles. The summed E-state index contributed by atoms with van der Waals surface area (Å²) in [4.78, 5) is 9.70. The standard InChI is InChI=1S/C17H18F2N4O3S/c18-13-4-1-5-14(19)15(13)27(24,25)23-6-2-3-12-11-20-17(21-16(12)23)22-7-9-26-10-8-22/h1,4-5,11H,2-3,6-10H2. The van der Waals surface area contributed by atoms with Gasteiger partial charge < -0.3 is 9.64 Å². The number of hydrogen-bond donors (Lipinski definition) is 0. The molecule has 0 unspecified atom stereocenters. The second-order valence-corrected chi connectivity index (χ2v) is 8.15. The predicted octanol–water partition coefficient (Wildman–Crippen LogP) is 1.73. The summed E-state index contributed by atoms with van der Waals surface area (Å²) in [5, 5.41) is 0. The monoisotopic (exact) mass is 396 g/mol. The fourth-order valence-corrected chi connectivity index (χ4v) is 4.89. The van der Waals surface area contributed by atoms with E-state index in [1.165, 1.54) is 0 Å². The first kappa shape index (κ1) is 18.1. The number of fused-ring (bicyclic) bond motifs is 1. The van der Waals surface area contributed by atoms with Crippen molar-refractivity contribution < 1.29 is 21.9 Å². The molecule has 7 nitrogen and oxygen atoms in total. The highest BCUT2D eigenvalue weighted by Gasteiger charge is 2.35. The van der Waals surface area contributed by atoms with E-state index >= 15 is 0 Å². The van der Waals surface area contributed by atoms with Crippen molar-refractivity contribution in [3.63, 3.8) is 0 Å². The van der Waals surface area contributed by atoms with E-state index in [-0.39, 0.29) is 12.4 Å². The molecule has 0 bridgehead atoms. The number of hydrogen-bond acceptors (Lipinski definition) is 6. The lowest BCUT2D eigenvalue weighted by Crippen LogP contribution is -2.40. The topological polar surface area (TPSA) is 75.6 Å². The highest BCUT2D eigenvalue weighted by Crippen LogP contribution is 2.33. The van der Waals surface area contributed by atoms with Crippen LogP contribution in [-0.4, -0.2) is 51.2 Å². The molecule has 3 heterocycles. The van der Waals surface area contributed by atoms with Gasteiger partial charge in [0.1, 0.15) is 11.6 Å². The van der Waals surface area contributed by atoms with Gasteiger partial charge in [-0.1, -0.05) is 6.07 Å². The summed E-state index contributed by atoms with van der Waals surface area (Å²) in [7, 11) is -4.43. The van der Waals surface area contributed by atoms with E-state index in [9.17, 15) is 17.2 Å². The quantitative estimate of drug-likeness (QED) is 0.787. The largest absolute Gasteiger partial charge is 0.378 e. The lowest BCUT2D eigenvalue weighted by molar-refractivity contribution is 0.122. The Morgan fingerprint density at radius 1 is 1.07 bits per heavy atom. The van der Waals surface area contributed by atoms with Gasteiger partial charge in [-0.2, -0.15) is 4.98 Å². The van der Waals surface area contributed by atoms with Gasteiger partial charge in [0.2, 0.25) is 5.95 Å². The van der Waals surface area contributed by atoms with Crippen LogP contribution in [0.15, 0.2) is 29.3 Å². The van der Waals surface area contributed by atoms with Gasteiger partial charge >= 0.3 is 0 Å². The summed E-state index contributed by atoms with van der Waals surface area (Å²) in [6.45, 7) is 2.34. The molecule has 1 aromatic heterocycles. The zero-order chi connectivity index (χ0) is 19.0. The Hall–Kier alpha value is -2.33. The minimum Gasteiger partial charge on any atom is -0.378 e. The molecule has 1 aromatic carbocycles. The smallest absolute Gasteiger partial charge is 0.271 e. The van der Waals surface area contributed by atoms with E-state index in [4.69, 9.17) is 4.74 Å². The fourth-order valence-electron chi connectivity index (χ4n) is 3.29. The summed E-state index contributed by atoms with van der Waals surface area (Å²) in [5.74, 6) is -1.68. The van der Waals surface area contributed by atoms with E-state index in [1.807, 2.05) is 4.90 Å². The molecule has 1 saturated heterocycles. The Labute approximate surface area is 155 Å². The molecule has 0 atom stereocenters. The van der Waals surface area contributed by atoms with Gasteiger partial charge in [-0.15, -0.1) is 0 Å². The van der Waals surface area contributed by atoms with Crippen LogP contribution in [0.3, 0.4) is 0 Å². The highest BCUT2D eigenvalue weighted by atomic mass is 32.2. The number of nitrogens with zero attached hydrogens (tertiary/aromatic N) is 4. The third-order valence-electron chi connectivity index (χ3n) is 4.63. The first-order valence-electron chi connectivity index (χ1n) is 8.64. The molecule has 4 rings (SSSR count). The van der Waals surface area contributed by atoms with Gasteiger partial charge in [0.15, 0.2) is 10.7 Å². The van der Waals surface area contributed by atoms with Crippen molar-refractivity contribution in [2.24, 2.45) is 0 Å². The first-order chi connectivity index (χ1) is 13.0. The Balaban J connectivity index is 1.78. The van der Waals surface area contributed by atoms with Gasteiger partial charge in [-0.3, -0.25) is 0 Å². The van der Waals surface area contributed by atoms with Gasteiger partial charge in [0, 0.05) is 31.4 Å². The zero-order valence-corrected chi connectivity index (χ0v) is 15.3. The Bertz CT molecular complexity index is 944. The van der Waals surface area contributed by atoms with Crippen LogP contribution in [0.2, 0.25) is 0 Å². The number of sulfonamides is 1. The average molecular weight is 396 g/mol. The molecule has 0 aliphatic carbocycles. The van der Waals surface area contributed by atoms with Crippen molar-refractivity contribution in [3.8, 4) is 0 Å². The van der Waals surface area contributed by atoms with E-state index in [2.05, 4.69) is 9.97 Å². The van der Waals surface area contributed by atoms with Crippen molar-refractivity contribution in [2.45, 2.75) is 17.7 Å². The second-order valence-electron chi connectivity index (χ2n) is 6.35. The third-order valence-corrected chi connectivity index (χ3v) is 6.48. The van der Waals surface area contributed by atoms with Crippen LogP contribution in [0.25, 0.3) is 0 Å². The van der Waals surface area contributed by atoms with E-state index < -0.39 is 26.6 Å². The van der Waals surface area contributed by atoms with Crippen LogP contribution in [0.1, 0.15) is 12.0 Å². The van der Waals surface area contributed by atoms with E-state index in [0.717, 1.165) is 22.5 Å². The summed E-state index contributed by atoms with van der Waals surface area (Å²) in [6.07, 6.45) is 2.71. The molecule has 0 amide bonds. The second kappa shape index (κ2) is 7.01. The molecule has 144 valence electrons. The lowest BCUT2D eigenvalue weighted by atomic mass is 10.1. The van der Waals surface area contributed by atoms with Gasteiger partial charge in [0.05, 0.1) is 13.2 Å². The number of ether oxygens (including phenoxy) is 1. The normalized spacial score (nSPS) is 17.7. The van der Waals surface area contributed by atoms with E-state index in [0.29, 0.717) is 50.7 Å². The molecule has 27 heavy (non-hydrogen) atoms. The number of aromatic nitrogens is 2. The fraction of sp³-hybridized carbons (Fsp3) is 0.412. The molecule has 2 aliphatic rings. The van der Waals surface area contributed by atoms with Gasteiger partial charge in [-0.05, 0) is 25.0 Å². The summed E-state index contributed by atoms with van der Waals surface area (Å²) < 4.78 is 60.6. The van der Waals surface area contributed by atoms with Gasteiger partial charge in [-0.25, -0.2) is 26.5 Å². The van der Waals surface area contributed by atoms with Crippen molar-refractivity contribution >= 4 is 21.8 Å². The van der Waals surface area contributed by atoms with Crippen LogP contribution in [0.4, 0.5) is 20.5 Å². The maximum Gasteiger partial charge on any atom is 0.271 e. The summed E-state index contributed by atoms with van der Waals surface area (Å²) >= 11 is 0. The molecule has 0 saturated carbocycles. The Kier molecular flexibility index (Phi) is 4.68. The molecule has 0 radical (unpaired) electrons. The number of benzene rings is 1. The number of morpholine rings is 1. The van der Waals surface area contributed by atoms with Crippen LogP contribution in [-0.2, 0) is 21.2 Å². The average Bonchev–Trinajstić information content (AvgIpc) is 2.67. The number of aryl methyl sites for hydroxylation is 1. The first-order valence-corrected chi connectivity index (χ1v) is 10.1. The molecule has 2 aromatic rings.